The lowest BCUT2D eigenvalue weighted by molar-refractivity contribution is 0.309. The van der Waals surface area contributed by atoms with Crippen LogP contribution in [-0.2, 0) is 0 Å². The zero-order valence-electron chi connectivity index (χ0n) is 10.8. The van der Waals surface area contributed by atoms with Crippen molar-refractivity contribution in [1.29, 1.82) is 0 Å². The van der Waals surface area contributed by atoms with Crippen molar-refractivity contribution in [2.24, 2.45) is 0 Å². The summed E-state index contributed by atoms with van der Waals surface area (Å²) in [5.74, 6) is 0. The summed E-state index contributed by atoms with van der Waals surface area (Å²) < 4.78 is 1.00. The molecule has 0 amide bonds. The highest BCUT2D eigenvalue weighted by molar-refractivity contribution is 8.30. The monoisotopic (exact) mass is 287 g/mol. The smallest absolute Gasteiger partial charge is 0.0841 e. The second-order valence-corrected chi connectivity index (χ2v) is 6.66. The van der Waals surface area contributed by atoms with E-state index in [9.17, 15) is 0 Å². The number of piperidine rings is 1. The molecule has 3 heteroatoms. The fourth-order valence-electron chi connectivity index (χ4n) is 2.47. The fourth-order valence-corrected chi connectivity index (χ4v) is 3.72. The van der Waals surface area contributed by atoms with E-state index < -0.39 is 0 Å². The summed E-state index contributed by atoms with van der Waals surface area (Å²) in [6, 6.07) is 10.5. The van der Waals surface area contributed by atoms with Gasteiger partial charge in [-0.2, -0.15) is 0 Å². The molecule has 0 N–H and O–H groups in total. The minimum atomic E-state index is 1.00. The van der Waals surface area contributed by atoms with Crippen LogP contribution in [0.3, 0.4) is 0 Å². The van der Waals surface area contributed by atoms with E-state index in [1.807, 2.05) is 6.07 Å². The third-order valence-corrected chi connectivity index (χ3v) is 4.98. The molecule has 0 spiro atoms. The standard InChI is InChI=1S/C16H17NS2/c18-16-14(12-17-9-5-2-6-10-17)11-15(19-16)13-7-3-1-4-8-13/h1,3-4,7-8,11-12H,2,5-6,9-10H2. The van der Waals surface area contributed by atoms with Gasteiger partial charge in [-0.05, 0) is 30.9 Å². The minimum absolute atomic E-state index is 1.00. The van der Waals surface area contributed by atoms with Crippen molar-refractivity contribution < 1.29 is 0 Å². The van der Waals surface area contributed by atoms with Crippen LogP contribution in [0.1, 0.15) is 24.8 Å². The Bertz CT molecular complexity index is 525. The third kappa shape index (κ3) is 3.10. The topological polar surface area (TPSA) is 3.24 Å². The quantitative estimate of drug-likeness (QED) is 0.583. The molecule has 0 unspecified atom stereocenters. The van der Waals surface area contributed by atoms with Gasteiger partial charge in [0.05, 0.1) is 4.20 Å². The molecular weight excluding hydrogens is 270 g/mol. The van der Waals surface area contributed by atoms with E-state index in [4.69, 9.17) is 12.2 Å². The lowest BCUT2D eigenvalue weighted by Gasteiger charge is -2.25. The molecule has 1 fully saturated rings. The minimum Gasteiger partial charge on any atom is -0.377 e. The van der Waals surface area contributed by atoms with Gasteiger partial charge in [0, 0.05) is 29.8 Å². The van der Waals surface area contributed by atoms with Gasteiger partial charge in [0.15, 0.2) is 0 Å². The van der Waals surface area contributed by atoms with Crippen LogP contribution in [0.15, 0.2) is 48.2 Å². The van der Waals surface area contributed by atoms with Crippen LogP contribution >= 0.6 is 24.0 Å². The lowest BCUT2D eigenvalue weighted by atomic mass is 10.1. The molecule has 0 atom stereocenters. The lowest BCUT2D eigenvalue weighted by Crippen LogP contribution is -2.24. The Labute approximate surface area is 124 Å². The van der Waals surface area contributed by atoms with Gasteiger partial charge in [-0.25, -0.2) is 0 Å². The predicted octanol–water partition coefficient (Wildman–Crippen LogP) is 4.47. The van der Waals surface area contributed by atoms with Gasteiger partial charge in [-0.3, -0.25) is 0 Å². The van der Waals surface area contributed by atoms with E-state index in [0.29, 0.717) is 0 Å². The van der Waals surface area contributed by atoms with Gasteiger partial charge in [-0.1, -0.05) is 54.3 Å². The molecule has 3 rings (SSSR count). The maximum Gasteiger partial charge on any atom is 0.0841 e. The van der Waals surface area contributed by atoms with E-state index in [-0.39, 0.29) is 0 Å². The Morgan fingerprint density at radius 3 is 2.53 bits per heavy atom. The van der Waals surface area contributed by atoms with Crippen molar-refractivity contribution in [1.82, 2.24) is 4.90 Å². The molecule has 1 aromatic rings. The Balaban J connectivity index is 1.81. The van der Waals surface area contributed by atoms with Gasteiger partial charge in [-0.15, -0.1) is 0 Å². The van der Waals surface area contributed by atoms with Crippen molar-refractivity contribution >= 4 is 33.1 Å². The summed E-state index contributed by atoms with van der Waals surface area (Å²) in [5, 5.41) is 0. The largest absolute Gasteiger partial charge is 0.377 e. The SMILES string of the molecule is S=C1SC(c2ccccc2)=CC1=CN1CCCCC1. The molecule has 2 aliphatic heterocycles. The molecule has 0 saturated carbocycles. The number of rotatable bonds is 2. The van der Waals surface area contributed by atoms with E-state index in [1.54, 1.807) is 11.8 Å². The average molecular weight is 287 g/mol. The fraction of sp³-hybridized carbons (Fsp3) is 0.312. The normalized spacial score (nSPS) is 21.9. The summed E-state index contributed by atoms with van der Waals surface area (Å²) in [4.78, 5) is 3.68. The Kier molecular flexibility index (Phi) is 4.04. The van der Waals surface area contributed by atoms with Crippen LogP contribution < -0.4 is 0 Å². The summed E-state index contributed by atoms with van der Waals surface area (Å²) >= 11 is 7.21. The number of thiocarbonyl (C=S) groups is 1. The summed E-state index contributed by atoms with van der Waals surface area (Å²) in [7, 11) is 0. The second kappa shape index (κ2) is 5.93. The molecule has 0 bridgehead atoms. The summed E-state index contributed by atoms with van der Waals surface area (Å²) in [6.45, 7) is 2.34. The maximum atomic E-state index is 5.50. The highest BCUT2D eigenvalue weighted by Gasteiger charge is 2.18. The van der Waals surface area contributed by atoms with Crippen LogP contribution in [0.2, 0.25) is 0 Å². The first-order valence-electron chi connectivity index (χ1n) is 6.78. The van der Waals surface area contributed by atoms with Crippen molar-refractivity contribution in [2.45, 2.75) is 19.3 Å². The number of thioether (sulfide) groups is 1. The predicted molar refractivity (Wildman–Crippen MR) is 88.1 cm³/mol. The van der Waals surface area contributed by atoms with Crippen LogP contribution in [0.5, 0.6) is 0 Å². The number of nitrogens with zero attached hydrogens (tertiary/aromatic N) is 1. The van der Waals surface area contributed by atoms with Gasteiger partial charge in [0.1, 0.15) is 0 Å². The highest BCUT2D eigenvalue weighted by atomic mass is 32.2. The van der Waals surface area contributed by atoms with E-state index in [0.717, 1.165) is 4.20 Å². The number of hydrogen-bond donors (Lipinski definition) is 0. The summed E-state index contributed by atoms with van der Waals surface area (Å²) in [5.41, 5.74) is 2.47. The molecule has 1 saturated heterocycles. The first kappa shape index (κ1) is 12.9. The van der Waals surface area contributed by atoms with Crippen LogP contribution in [0.25, 0.3) is 4.91 Å². The first-order valence-corrected chi connectivity index (χ1v) is 8.00. The molecule has 0 radical (unpaired) electrons. The Morgan fingerprint density at radius 2 is 1.79 bits per heavy atom. The van der Waals surface area contributed by atoms with Crippen molar-refractivity contribution in [3.63, 3.8) is 0 Å². The van der Waals surface area contributed by atoms with Gasteiger partial charge < -0.3 is 4.90 Å². The molecule has 2 aliphatic rings. The second-order valence-electron chi connectivity index (χ2n) is 4.95. The highest BCUT2D eigenvalue weighted by Crippen LogP contribution is 2.39. The maximum absolute atomic E-state index is 5.50. The first-order chi connectivity index (χ1) is 9.33. The zero-order chi connectivity index (χ0) is 13.1. The van der Waals surface area contributed by atoms with Gasteiger partial charge in [0.25, 0.3) is 0 Å². The van der Waals surface area contributed by atoms with Crippen molar-refractivity contribution in [3.05, 3.63) is 53.7 Å². The van der Waals surface area contributed by atoms with Gasteiger partial charge in [0.2, 0.25) is 0 Å². The van der Waals surface area contributed by atoms with E-state index >= 15 is 0 Å². The molecular formula is C16H17NS2. The summed E-state index contributed by atoms with van der Waals surface area (Å²) in [6.07, 6.45) is 8.46. The van der Waals surface area contributed by atoms with Crippen molar-refractivity contribution in [2.75, 3.05) is 13.1 Å². The number of allylic oxidation sites excluding steroid dienone is 1. The molecule has 98 valence electrons. The van der Waals surface area contributed by atoms with Gasteiger partial charge >= 0.3 is 0 Å². The molecule has 2 heterocycles. The third-order valence-electron chi connectivity index (χ3n) is 3.50. The molecule has 1 aromatic carbocycles. The number of likely N-dealkylation sites (tertiary alicyclic amines) is 1. The zero-order valence-corrected chi connectivity index (χ0v) is 12.5. The molecule has 19 heavy (non-hydrogen) atoms. The molecule has 1 nitrogen and oxygen atoms in total. The van der Waals surface area contributed by atoms with Crippen molar-refractivity contribution in [3.8, 4) is 0 Å². The average Bonchev–Trinajstić information content (AvgIpc) is 2.82. The van der Waals surface area contributed by atoms with E-state index in [2.05, 4.69) is 41.4 Å². The Morgan fingerprint density at radius 1 is 1.05 bits per heavy atom. The Hall–Kier alpha value is -1.06. The van der Waals surface area contributed by atoms with Crippen LogP contribution in [0.4, 0.5) is 0 Å². The van der Waals surface area contributed by atoms with E-state index in [1.165, 1.54) is 48.4 Å². The number of hydrogen-bond acceptors (Lipinski definition) is 3. The number of benzene rings is 1. The molecule has 0 aliphatic carbocycles. The van der Waals surface area contributed by atoms with Crippen LogP contribution in [0, 0.1) is 0 Å². The molecule has 0 aromatic heterocycles. The van der Waals surface area contributed by atoms with Crippen LogP contribution in [-0.4, -0.2) is 22.2 Å².